The molecule has 2 N–H and O–H groups in total. The van der Waals surface area contributed by atoms with Gasteiger partial charge in [0.15, 0.2) is 0 Å². The van der Waals surface area contributed by atoms with Crippen LogP contribution < -0.4 is 5.32 Å². The summed E-state index contributed by atoms with van der Waals surface area (Å²) in [5, 5.41) is 11.7. The van der Waals surface area contributed by atoms with Crippen molar-refractivity contribution in [3.05, 3.63) is 36.6 Å². The van der Waals surface area contributed by atoms with Crippen LogP contribution in [0.2, 0.25) is 0 Å². The maximum absolute atomic E-state index is 11.7. The molecule has 0 saturated heterocycles. The van der Waals surface area contributed by atoms with Crippen LogP contribution in [0.4, 0.5) is 0 Å². The Kier molecular flexibility index (Phi) is 13.1. The molecule has 0 saturated carbocycles. The lowest BCUT2D eigenvalue weighted by molar-refractivity contribution is -0.121. The minimum atomic E-state index is -0.0503. The molecule has 20 heavy (non-hydrogen) atoms. The molecule has 0 fully saturated rings. The minimum Gasteiger partial charge on any atom is -0.395 e. The molecule has 0 heterocycles. The fourth-order valence-corrected chi connectivity index (χ4v) is 1.68. The molecule has 0 aromatic heterocycles. The standard InChI is InChI=1S/C16H28N2O2/c1-3-5-7-8-9-11-17-16(20)15-18(13-14-19)12-10-6-4-2/h3,5,7-9,11,19H,4,6,10,12-15H2,1-2H3,(H,17,20)/b5-3+,8-7-,11-9+. The molecular formula is C16H28N2O2. The normalized spacial score (nSPS) is 12.2. The third-order valence-electron chi connectivity index (χ3n) is 2.73. The van der Waals surface area contributed by atoms with Gasteiger partial charge in [0.2, 0.25) is 5.91 Å². The van der Waals surface area contributed by atoms with Crippen molar-refractivity contribution in [2.45, 2.75) is 33.1 Å². The van der Waals surface area contributed by atoms with Gasteiger partial charge in [-0.25, -0.2) is 0 Å². The van der Waals surface area contributed by atoms with Crippen molar-refractivity contribution in [1.29, 1.82) is 0 Å². The number of nitrogens with one attached hydrogen (secondary N) is 1. The summed E-state index contributed by atoms with van der Waals surface area (Å²) in [6.07, 6.45) is 14.4. The highest BCUT2D eigenvalue weighted by Crippen LogP contribution is 1.98. The molecule has 0 aliphatic rings. The van der Waals surface area contributed by atoms with Crippen LogP contribution in [0.1, 0.15) is 33.1 Å². The van der Waals surface area contributed by atoms with Gasteiger partial charge in [0.25, 0.3) is 0 Å². The van der Waals surface area contributed by atoms with Crippen LogP contribution >= 0.6 is 0 Å². The molecule has 0 spiro atoms. The van der Waals surface area contributed by atoms with Crippen molar-refractivity contribution in [3.63, 3.8) is 0 Å². The highest BCUT2D eigenvalue weighted by molar-refractivity contribution is 5.79. The molecule has 0 rings (SSSR count). The first kappa shape index (κ1) is 18.6. The van der Waals surface area contributed by atoms with Gasteiger partial charge >= 0.3 is 0 Å². The topological polar surface area (TPSA) is 52.6 Å². The molecule has 4 heteroatoms. The van der Waals surface area contributed by atoms with Gasteiger partial charge in [-0.2, -0.15) is 0 Å². The fraction of sp³-hybridized carbons (Fsp3) is 0.562. The third kappa shape index (κ3) is 11.7. The van der Waals surface area contributed by atoms with E-state index in [2.05, 4.69) is 12.2 Å². The second-order valence-electron chi connectivity index (χ2n) is 4.54. The second-order valence-corrected chi connectivity index (χ2v) is 4.54. The van der Waals surface area contributed by atoms with E-state index in [-0.39, 0.29) is 12.5 Å². The van der Waals surface area contributed by atoms with Crippen molar-refractivity contribution in [2.24, 2.45) is 0 Å². The zero-order chi connectivity index (χ0) is 15.1. The molecule has 0 radical (unpaired) electrons. The Morgan fingerprint density at radius 3 is 2.55 bits per heavy atom. The van der Waals surface area contributed by atoms with Crippen LogP contribution in [-0.2, 0) is 4.79 Å². The summed E-state index contributed by atoms with van der Waals surface area (Å²) in [7, 11) is 0. The first-order valence-corrected chi connectivity index (χ1v) is 7.31. The number of aliphatic hydroxyl groups excluding tert-OH is 1. The van der Waals surface area contributed by atoms with Crippen LogP contribution in [-0.4, -0.2) is 42.2 Å². The number of nitrogens with zero attached hydrogens (tertiary/aromatic N) is 1. The number of aliphatic hydroxyl groups is 1. The predicted molar refractivity (Wildman–Crippen MR) is 84.3 cm³/mol. The number of hydrogen-bond acceptors (Lipinski definition) is 3. The van der Waals surface area contributed by atoms with Gasteiger partial charge in [0.1, 0.15) is 0 Å². The summed E-state index contributed by atoms with van der Waals surface area (Å²) < 4.78 is 0. The Morgan fingerprint density at radius 2 is 1.90 bits per heavy atom. The summed E-state index contributed by atoms with van der Waals surface area (Å²) in [6, 6.07) is 0. The maximum atomic E-state index is 11.7. The summed E-state index contributed by atoms with van der Waals surface area (Å²) in [5.41, 5.74) is 0. The summed E-state index contributed by atoms with van der Waals surface area (Å²) in [4.78, 5) is 13.7. The maximum Gasteiger partial charge on any atom is 0.238 e. The molecule has 0 unspecified atom stereocenters. The zero-order valence-electron chi connectivity index (χ0n) is 12.7. The molecule has 4 nitrogen and oxygen atoms in total. The Morgan fingerprint density at radius 1 is 1.15 bits per heavy atom. The monoisotopic (exact) mass is 280 g/mol. The second kappa shape index (κ2) is 14.0. The number of allylic oxidation sites excluding steroid dienone is 5. The molecule has 0 aromatic carbocycles. The SMILES string of the molecule is C/C=C/C=C\C=C\NC(=O)CN(CCO)CCCCC. The Balaban J connectivity index is 3.98. The first-order valence-electron chi connectivity index (χ1n) is 7.31. The summed E-state index contributed by atoms with van der Waals surface area (Å²) in [6.45, 7) is 5.91. The van der Waals surface area contributed by atoms with Crippen molar-refractivity contribution < 1.29 is 9.90 Å². The van der Waals surface area contributed by atoms with E-state index < -0.39 is 0 Å². The number of hydrogen-bond donors (Lipinski definition) is 2. The number of rotatable bonds is 11. The van der Waals surface area contributed by atoms with Crippen molar-refractivity contribution in [3.8, 4) is 0 Å². The van der Waals surface area contributed by atoms with Gasteiger partial charge in [0, 0.05) is 12.7 Å². The Bertz CT molecular complexity index is 322. The highest BCUT2D eigenvalue weighted by Gasteiger charge is 2.08. The van der Waals surface area contributed by atoms with Crippen LogP contribution in [0.5, 0.6) is 0 Å². The van der Waals surface area contributed by atoms with Crippen molar-refractivity contribution >= 4 is 5.91 Å². The highest BCUT2D eigenvalue weighted by atomic mass is 16.3. The van der Waals surface area contributed by atoms with Crippen molar-refractivity contribution in [2.75, 3.05) is 26.2 Å². The fourth-order valence-electron chi connectivity index (χ4n) is 1.68. The average Bonchev–Trinajstić information content (AvgIpc) is 2.43. The lowest BCUT2D eigenvalue weighted by Gasteiger charge is -2.19. The number of carbonyl (C=O) groups is 1. The molecule has 1 amide bonds. The Labute approximate surface area is 122 Å². The summed E-state index contributed by atoms with van der Waals surface area (Å²) in [5.74, 6) is -0.0503. The van der Waals surface area contributed by atoms with Crippen LogP contribution in [0.15, 0.2) is 36.6 Å². The average molecular weight is 280 g/mol. The van der Waals surface area contributed by atoms with E-state index in [9.17, 15) is 4.79 Å². The first-order chi connectivity index (χ1) is 9.74. The smallest absolute Gasteiger partial charge is 0.238 e. The van der Waals surface area contributed by atoms with Gasteiger partial charge in [-0.3, -0.25) is 9.69 Å². The third-order valence-corrected chi connectivity index (χ3v) is 2.73. The molecule has 0 aliphatic carbocycles. The minimum absolute atomic E-state index is 0.0503. The number of unbranched alkanes of at least 4 members (excludes halogenated alkanes) is 2. The van der Waals surface area contributed by atoms with E-state index in [4.69, 9.17) is 5.11 Å². The van der Waals surface area contributed by atoms with E-state index in [1.165, 1.54) is 0 Å². The van der Waals surface area contributed by atoms with E-state index in [1.807, 2.05) is 36.1 Å². The van der Waals surface area contributed by atoms with Gasteiger partial charge in [-0.15, -0.1) is 0 Å². The molecule has 114 valence electrons. The van der Waals surface area contributed by atoms with Gasteiger partial charge in [0.05, 0.1) is 13.2 Å². The zero-order valence-corrected chi connectivity index (χ0v) is 12.7. The molecule has 0 aromatic rings. The van der Waals surface area contributed by atoms with Crippen molar-refractivity contribution in [1.82, 2.24) is 10.2 Å². The molecular weight excluding hydrogens is 252 g/mol. The van der Waals surface area contributed by atoms with Crippen LogP contribution in [0.3, 0.4) is 0 Å². The number of amides is 1. The van der Waals surface area contributed by atoms with Gasteiger partial charge in [-0.1, -0.05) is 44.1 Å². The van der Waals surface area contributed by atoms with Crippen LogP contribution in [0, 0.1) is 0 Å². The lowest BCUT2D eigenvalue weighted by atomic mass is 10.2. The van der Waals surface area contributed by atoms with E-state index >= 15 is 0 Å². The molecule has 0 atom stereocenters. The van der Waals surface area contributed by atoms with E-state index in [1.54, 1.807) is 12.3 Å². The summed E-state index contributed by atoms with van der Waals surface area (Å²) >= 11 is 0. The lowest BCUT2D eigenvalue weighted by Crippen LogP contribution is -2.37. The molecule has 0 aliphatic heterocycles. The largest absolute Gasteiger partial charge is 0.395 e. The van der Waals surface area contributed by atoms with Gasteiger partial charge in [-0.05, 0) is 26.0 Å². The number of carbonyl (C=O) groups excluding carboxylic acids is 1. The van der Waals surface area contributed by atoms with Gasteiger partial charge < -0.3 is 10.4 Å². The quantitative estimate of drug-likeness (QED) is 0.451. The predicted octanol–water partition coefficient (Wildman–Crippen LogP) is 2.23. The Hall–Kier alpha value is -1.39. The molecule has 0 bridgehead atoms. The van der Waals surface area contributed by atoms with Crippen LogP contribution in [0.25, 0.3) is 0 Å². The van der Waals surface area contributed by atoms with E-state index in [0.29, 0.717) is 13.1 Å². The van der Waals surface area contributed by atoms with E-state index in [0.717, 1.165) is 25.8 Å².